The van der Waals surface area contributed by atoms with Crippen LogP contribution in [-0.2, 0) is 7.05 Å². The largest absolute Gasteiger partial charge is 0.497 e. The topological polar surface area (TPSA) is 56.1 Å². The summed E-state index contributed by atoms with van der Waals surface area (Å²) in [6, 6.07) is 13.0. The highest BCUT2D eigenvalue weighted by Gasteiger charge is 2.21. The van der Waals surface area contributed by atoms with Crippen molar-refractivity contribution in [2.45, 2.75) is 19.9 Å². The lowest BCUT2D eigenvalue weighted by atomic mass is 10.0. The molecule has 0 aliphatic rings. The van der Waals surface area contributed by atoms with Gasteiger partial charge in [0, 0.05) is 25.0 Å². The van der Waals surface area contributed by atoms with Gasteiger partial charge in [0.15, 0.2) is 0 Å². The van der Waals surface area contributed by atoms with Gasteiger partial charge in [-0.3, -0.25) is 4.79 Å². The summed E-state index contributed by atoms with van der Waals surface area (Å²) in [5, 5.41) is 3.11. The Bertz CT molecular complexity index is 913. The van der Waals surface area contributed by atoms with Crippen LogP contribution in [0.4, 0.5) is 0 Å². The number of aryl methyl sites for hydroxylation is 3. The van der Waals surface area contributed by atoms with Gasteiger partial charge in [0.25, 0.3) is 5.91 Å². The third-order valence-electron chi connectivity index (χ3n) is 4.61. The number of nitrogens with one attached hydrogen (secondary N) is 1. The van der Waals surface area contributed by atoms with Crippen LogP contribution in [-0.4, -0.2) is 22.6 Å². The first-order chi connectivity index (χ1) is 12.5. The standard InChI is InChI=1S/C21H23N3O2/c1-14-5-6-17(13-15(14)2)21(25)23-19(20-22-11-12-24(20)3)16-7-9-18(26-4)10-8-16/h5-13,19H,1-4H3,(H,23,25). The zero-order valence-corrected chi connectivity index (χ0v) is 15.5. The van der Waals surface area contributed by atoms with E-state index in [-0.39, 0.29) is 11.9 Å². The second kappa shape index (κ2) is 7.44. The van der Waals surface area contributed by atoms with Crippen molar-refractivity contribution in [2.24, 2.45) is 7.05 Å². The molecule has 0 radical (unpaired) electrons. The number of hydrogen-bond acceptors (Lipinski definition) is 3. The van der Waals surface area contributed by atoms with E-state index in [1.807, 2.05) is 74.1 Å². The van der Waals surface area contributed by atoms with Crippen LogP contribution in [0, 0.1) is 13.8 Å². The van der Waals surface area contributed by atoms with E-state index >= 15 is 0 Å². The van der Waals surface area contributed by atoms with Crippen molar-refractivity contribution < 1.29 is 9.53 Å². The van der Waals surface area contributed by atoms with Crippen molar-refractivity contribution in [3.8, 4) is 5.75 Å². The van der Waals surface area contributed by atoms with Crippen LogP contribution < -0.4 is 10.1 Å². The molecule has 0 spiro atoms. The molecule has 134 valence electrons. The average Bonchev–Trinajstić information content (AvgIpc) is 3.07. The maximum atomic E-state index is 12.8. The molecule has 1 atom stereocenters. The van der Waals surface area contributed by atoms with Gasteiger partial charge < -0.3 is 14.6 Å². The highest BCUT2D eigenvalue weighted by Crippen LogP contribution is 2.23. The van der Waals surface area contributed by atoms with Gasteiger partial charge in [0.1, 0.15) is 17.6 Å². The summed E-state index contributed by atoms with van der Waals surface area (Å²) in [5.74, 6) is 1.41. The molecule has 1 heterocycles. The Hall–Kier alpha value is -3.08. The van der Waals surface area contributed by atoms with Crippen molar-refractivity contribution >= 4 is 5.91 Å². The van der Waals surface area contributed by atoms with E-state index in [0.29, 0.717) is 5.56 Å². The number of hydrogen-bond donors (Lipinski definition) is 1. The molecule has 3 rings (SSSR count). The number of carbonyl (C=O) groups is 1. The van der Waals surface area contributed by atoms with Crippen molar-refractivity contribution in [3.05, 3.63) is 82.9 Å². The highest BCUT2D eigenvalue weighted by molar-refractivity contribution is 5.94. The van der Waals surface area contributed by atoms with Gasteiger partial charge in [-0.1, -0.05) is 18.2 Å². The van der Waals surface area contributed by atoms with Gasteiger partial charge in [-0.2, -0.15) is 0 Å². The summed E-state index contributed by atoms with van der Waals surface area (Å²) in [7, 11) is 3.55. The molecular formula is C21H23N3O2. The number of nitrogens with zero attached hydrogens (tertiary/aromatic N) is 2. The van der Waals surface area contributed by atoms with Gasteiger partial charge in [0.05, 0.1) is 7.11 Å². The minimum atomic E-state index is -0.352. The van der Waals surface area contributed by atoms with Crippen LogP contribution in [0.2, 0.25) is 0 Å². The maximum absolute atomic E-state index is 12.8. The Morgan fingerprint density at radius 1 is 1.12 bits per heavy atom. The van der Waals surface area contributed by atoms with E-state index in [9.17, 15) is 4.79 Å². The minimum absolute atomic E-state index is 0.128. The SMILES string of the molecule is COc1ccc(C(NC(=O)c2ccc(C)c(C)c2)c2nccn2C)cc1. The molecule has 1 aromatic heterocycles. The van der Waals surface area contributed by atoms with E-state index in [4.69, 9.17) is 4.74 Å². The molecule has 5 heteroatoms. The fourth-order valence-corrected chi connectivity index (χ4v) is 2.85. The number of ether oxygens (including phenoxy) is 1. The van der Waals surface area contributed by atoms with Crippen LogP contribution >= 0.6 is 0 Å². The summed E-state index contributed by atoms with van der Waals surface area (Å²) in [6.07, 6.45) is 3.60. The molecule has 3 aromatic rings. The molecule has 1 N–H and O–H groups in total. The number of methoxy groups -OCH3 is 1. The second-order valence-electron chi connectivity index (χ2n) is 6.38. The van der Waals surface area contributed by atoms with Gasteiger partial charge in [-0.25, -0.2) is 4.98 Å². The summed E-state index contributed by atoms with van der Waals surface area (Å²) in [6.45, 7) is 4.04. The number of benzene rings is 2. The van der Waals surface area contributed by atoms with Crippen molar-refractivity contribution in [1.82, 2.24) is 14.9 Å². The predicted molar refractivity (Wildman–Crippen MR) is 101 cm³/mol. The predicted octanol–water partition coefficient (Wildman–Crippen LogP) is 3.56. The molecular weight excluding hydrogens is 326 g/mol. The summed E-state index contributed by atoms with van der Waals surface area (Å²) in [4.78, 5) is 17.3. The quantitative estimate of drug-likeness (QED) is 0.766. The molecule has 0 aliphatic heterocycles. The Morgan fingerprint density at radius 2 is 1.85 bits per heavy atom. The van der Waals surface area contributed by atoms with Crippen LogP contribution in [0.25, 0.3) is 0 Å². The van der Waals surface area contributed by atoms with Gasteiger partial charge >= 0.3 is 0 Å². The van der Waals surface area contributed by atoms with Gasteiger partial charge in [-0.05, 0) is 54.8 Å². The van der Waals surface area contributed by atoms with Crippen LogP contribution in [0.15, 0.2) is 54.9 Å². The molecule has 0 saturated heterocycles. The fraction of sp³-hybridized carbons (Fsp3) is 0.238. The normalized spacial score (nSPS) is 11.8. The zero-order chi connectivity index (χ0) is 18.7. The molecule has 0 bridgehead atoms. The summed E-state index contributed by atoms with van der Waals surface area (Å²) >= 11 is 0. The Morgan fingerprint density at radius 3 is 2.42 bits per heavy atom. The Labute approximate surface area is 153 Å². The Balaban J connectivity index is 1.94. The number of amides is 1. The van der Waals surface area contributed by atoms with Gasteiger partial charge in [0.2, 0.25) is 0 Å². The van der Waals surface area contributed by atoms with E-state index in [2.05, 4.69) is 10.3 Å². The lowest BCUT2D eigenvalue weighted by Crippen LogP contribution is -2.31. The molecule has 5 nitrogen and oxygen atoms in total. The van der Waals surface area contributed by atoms with Crippen LogP contribution in [0.5, 0.6) is 5.75 Å². The average molecular weight is 349 g/mol. The zero-order valence-electron chi connectivity index (χ0n) is 15.5. The monoisotopic (exact) mass is 349 g/mol. The minimum Gasteiger partial charge on any atom is -0.497 e. The smallest absolute Gasteiger partial charge is 0.252 e. The maximum Gasteiger partial charge on any atom is 0.252 e. The molecule has 1 unspecified atom stereocenters. The van der Waals surface area contributed by atoms with Crippen molar-refractivity contribution in [1.29, 1.82) is 0 Å². The fourth-order valence-electron chi connectivity index (χ4n) is 2.85. The number of aromatic nitrogens is 2. The summed E-state index contributed by atoms with van der Waals surface area (Å²) in [5.41, 5.74) is 3.84. The first-order valence-electron chi connectivity index (χ1n) is 8.49. The molecule has 0 aliphatic carbocycles. The highest BCUT2D eigenvalue weighted by atomic mass is 16.5. The third-order valence-corrected chi connectivity index (χ3v) is 4.61. The van der Waals surface area contributed by atoms with E-state index in [1.165, 1.54) is 0 Å². The van der Waals surface area contributed by atoms with E-state index < -0.39 is 0 Å². The molecule has 0 saturated carbocycles. The number of rotatable bonds is 5. The van der Waals surface area contributed by atoms with Crippen LogP contribution in [0.1, 0.15) is 38.9 Å². The van der Waals surface area contributed by atoms with E-state index in [1.54, 1.807) is 13.3 Å². The molecule has 2 aromatic carbocycles. The first-order valence-corrected chi connectivity index (χ1v) is 8.49. The van der Waals surface area contributed by atoms with Crippen LogP contribution in [0.3, 0.4) is 0 Å². The molecule has 0 fully saturated rings. The first kappa shape index (κ1) is 17.7. The lowest BCUT2D eigenvalue weighted by molar-refractivity contribution is 0.0941. The lowest BCUT2D eigenvalue weighted by Gasteiger charge is -2.20. The summed E-state index contributed by atoms with van der Waals surface area (Å²) < 4.78 is 7.14. The van der Waals surface area contributed by atoms with Crippen molar-refractivity contribution in [2.75, 3.05) is 7.11 Å². The third kappa shape index (κ3) is 3.61. The van der Waals surface area contributed by atoms with E-state index in [0.717, 1.165) is 28.3 Å². The number of imidazole rings is 1. The second-order valence-corrected chi connectivity index (χ2v) is 6.38. The van der Waals surface area contributed by atoms with Gasteiger partial charge in [-0.15, -0.1) is 0 Å². The molecule has 1 amide bonds. The number of carbonyl (C=O) groups excluding carboxylic acids is 1. The van der Waals surface area contributed by atoms with Crippen molar-refractivity contribution in [3.63, 3.8) is 0 Å². The Kier molecular flexibility index (Phi) is 5.07. The molecule has 26 heavy (non-hydrogen) atoms.